The summed E-state index contributed by atoms with van der Waals surface area (Å²) in [6.45, 7) is 3.70. The quantitative estimate of drug-likeness (QED) is 0.791. The minimum absolute atomic E-state index is 0.663. The van der Waals surface area contributed by atoms with Crippen molar-refractivity contribution in [3.8, 4) is 0 Å². The summed E-state index contributed by atoms with van der Waals surface area (Å²) in [5, 5.41) is 9.84. The van der Waals surface area contributed by atoms with Crippen LogP contribution in [0, 0.1) is 0 Å². The normalized spacial score (nSPS) is 15.7. The molecule has 0 spiro atoms. The standard InChI is InChI=1S/C9H12BrNO/c1-3-9(2,12)7-5-4-6-8(10)11-7/h4-6,12H,3H2,1-2H3/t9-/m0/s1. The van der Waals surface area contributed by atoms with Crippen LogP contribution in [0.2, 0.25) is 0 Å². The van der Waals surface area contributed by atoms with E-state index in [1.165, 1.54) is 0 Å². The number of nitrogens with zero attached hydrogens (tertiary/aromatic N) is 1. The van der Waals surface area contributed by atoms with Crippen LogP contribution in [0.5, 0.6) is 0 Å². The molecule has 0 aliphatic heterocycles. The molecular formula is C9H12BrNO. The Balaban J connectivity index is 3.03. The van der Waals surface area contributed by atoms with E-state index < -0.39 is 5.60 Å². The molecule has 0 aromatic carbocycles. The molecule has 0 fully saturated rings. The zero-order valence-corrected chi connectivity index (χ0v) is 8.80. The average molecular weight is 230 g/mol. The Morgan fingerprint density at radius 3 is 2.75 bits per heavy atom. The van der Waals surface area contributed by atoms with Gasteiger partial charge in [0.2, 0.25) is 0 Å². The van der Waals surface area contributed by atoms with Crippen LogP contribution in [0.25, 0.3) is 0 Å². The molecule has 0 bridgehead atoms. The summed E-state index contributed by atoms with van der Waals surface area (Å²) in [7, 11) is 0. The molecule has 1 rings (SSSR count). The first-order valence-electron chi connectivity index (χ1n) is 3.91. The molecule has 0 saturated heterocycles. The second-order valence-electron chi connectivity index (χ2n) is 2.97. The van der Waals surface area contributed by atoms with Crippen LogP contribution in [0.4, 0.5) is 0 Å². The maximum Gasteiger partial charge on any atom is 0.106 e. The molecule has 66 valence electrons. The Morgan fingerprint density at radius 2 is 2.25 bits per heavy atom. The topological polar surface area (TPSA) is 33.1 Å². The van der Waals surface area contributed by atoms with Crippen molar-refractivity contribution in [3.05, 3.63) is 28.5 Å². The van der Waals surface area contributed by atoms with E-state index in [1.807, 2.05) is 25.1 Å². The monoisotopic (exact) mass is 229 g/mol. The van der Waals surface area contributed by atoms with Crippen molar-refractivity contribution in [1.29, 1.82) is 0 Å². The molecule has 0 saturated carbocycles. The Bertz CT molecular complexity index is 273. The van der Waals surface area contributed by atoms with E-state index in [9.17, 15) is 5.11 Å². The number of halogens is 1. The Morgan fingerprint density at radius 1 is 1.58 bits per heavy atom. The number of aliphatic hydroxyl groups is 1. The average Bonchev–Trinajstić information content (AvgIpc) is 2.05. The molecule has 0 unspecified atom stereocenters. The molecule has 12 heavy (non-hydrogen) atoms. The smallest absolute Gasteiger partial charge is 0.106 e. The van der Waals surface area contributed by atoms with Gasteiger partial charge in [-0.1, -0.05) is 13.0 Å². The summed E-state index contributed by atoms with van der Waals surface area (Å²) >= 11 is 3.26. The van der Waals surface area contributed by atoms with Crippen LogP contribution in [0.15, 0.2) is 22.8 Å². The predicted molar refractivity (Wildman–Crippen MR) is 51.8 cm³/mol. The van der Waals surface area contributed by atoms with Crippen LogP contribution in [-0.2, 0) is 5.60 Å². The van der Waals surface area contributed by atoms with E-state index in [0.717, 1.165) is 4.60 Å². The third-order valence-electron chi connectivity index (χ3n) is 1.96. The van der Waals surface area contributed by atoms with Crippen molar-refractivity contribution >= 4 is 15.9 Å². The van der Waals surface area contributed by atoms with Crippen LogP contribution < -0.4 is 0 Å². The number of hydrogen-bond donors (Lipinski definition) is 1. The highest BCUT2D eigenvalue weighted by Crippen LogP contribution is 2.22. The summed E-state index contributed by atoms with van der Waals surface area (Å²) in [4.78, 5) is 4.18. The fourth-order valence-electron chi connectivity index (χ4n) is 0.889. The van der Waals surface area contributed by atoms with Crippen molar-refractivity contribution in [2.75, 3.05) is 0 Å². The van der Waals surface area contributed by atoms with Crippen LogP contribution >= 0.6 is 15.9 Å². The first kappa shape index (κ1) is 9.68. The van der Waals surface area contributed by atoms with Crippen molar-refractivity contribution in [3.63, 3.8) is 0 Å². The maximum atomic E-state index is 9.84. The lowest BCUT2D eigenvalue weighted by atomic mass is 9.99. The summed E-state index contributed by atoms with van der Waals surface area (Å²) in [5.74, 6) is 0. The second kappa shape index (κ2) is 3.54. The summed E-state index contributed by atoms with van der Waals surface area (Å²) in [6, 6.07) is 5.54. The van der Waals surface area contributed by atoms with Crippen LogP contribution in [0.3, 0.4) is 0 Å². The van der Waals surface area contributed by atoms with Crippen LogP contribution in [-0.4, -0.2) is 10.1 Å². The highest BCUT2D eigenvalue weighted by molar-refractivity contribution is 9.10. The lowest BCUT2D eigenvalue weighted by Gasteiger charge is -2.20. The van der Waals surface area contributed by atoms with E-state index in [-0.39, 0.29) is 0 Å². The van der Waals surface area contributed by atoms with Gasteiger partial charge in [-0.25, -0.2) is 4.98 Å². The third kappa shape index (κ3) is 2.05. The molecule has 0 aliphatic rings. The number of pyridine rings is 1. The summed E-state index contributed by atoms with van der Waals surface area (Å²) in [5.41, 5.74) is -0.108. The molecule has 0 radical (unpaired) electrons. The molecule has 1 heterocycles. The SMILES string of the molecule is CC[C@](C)(O)c1cccc(Br)n1. The van der Waals surface area contributed by atoms with Gasteiger partial charge in [0.1, 0.15) is 10.2 Å². The molecular weight excluding hydrogens is 218 g/mol. The van der Waals surface area contributed by atoms with E-state index in [4.69, 9.17) is 0 Å². The number of rotatable bonds is 2. The summed E-state index contributed by atoms with van der Waals surface area (Å²) in [6.07, 6.45) is 0.663. The molecule has 1 N–H and O–H groups in total. The van der Waals surface area contributed by atoms with Crippen molar-refractivity contribution in [2.45, 2.75) is 25.9 Å². The summed E-state index contributed by atoms with van der Waals surface area (Å²) < 4.78 is 0.758. The molecule has 1 aromatic rings. The number of hydrogen-bond acceptors (Lipinski definition) is 2. The van der Waals surface area contributed by atoms with Gasteiger partial charge in [-0.05, 0) is 41.4 Å². The minimum atomic E-state index is -0.816. The second-order valence-corrected chi connectivity index (χ2v) is 3.79. The third-order valence-corrected chi connectivity index (χ3v) is 2.40. The van der Waals surface area contributed by atoms with Gasteiger partial charge in [0.05, 0.1) is 5.69 Å². The zero-order valence-electron chi connectivity index (χ0n) is 7.21. The van der Waals surface area contributed by atoms with E-state index in [0.29, 0.717) is 12.1 Å². The van der Waals surface area contributed by atoms with Gasteiger partial charge in [-0.15, -0.1) is 0 Å². The van der Waals surface area contributed by atoms with E-state index >= 15 is 0 Å². The Labute approximate surface area is 80.8 Å². The van der Waals surface area contributed by atoms with Crippen molar-refractivity contribution < 1.29 is 5.11 Å². The number of aromatic nitrogens is 1. The highest BCUT2D eigenvalue weighted by Gasteiger charge is 2.21. The maximum absolute atomic E-state index is 9.84. The zero-order chi connectivity index (χ0) is 9.19. The van der Waals surface area contributed by atoms with Gasteiger partial charge < -0.3 is 5.11 Å². The van der Waals surface area contributed by atoms with Gasteiger partial charge in [0.25, 0.3) is 0 Å². The molecule has 1 aromatic heterocycles. The van der Waals surface area contributed by atoms with Gasteiger partial charge in [0, 0.05) is 0 Å². The predicted octanol–water partition coefficient (Wildman–Crippen LogP) is 2.46. The Hall–Kier alpha value is -0.410. The van der Waals surface area contributed by atoms with Crippen molar-refractivity contribution in [2.24, 2.45) is 0 Å². The lowest BCUT2D eigenvalue weighted by Crippen LogP contribution is -2.21. The van der Waals surface area contributed by atoms with Gasteiger partial charge in [-0.2, -0.15) is 0 Å². The molecule has 0 amide bonds. The van der Waals surface area contributed by atoms with Crippen LogP contribution in [0.1, 0.15) is 26.0 Å². The molecule has 0 aliphatic carbocycles. The van der Waals surface area contributed by atoms with E-state index in [2.05, 4.69) is 20.9 Å². The largest absolute Gasteiger partial charge is 0.384 e. The first-order chi connectivity index (χ1) is 5.56. The molecule has 1 atom stereocenters. The Kier molecular flexibility index (Phi) is 2.85. The fourth-order valence-corrected chi connectivity index (χ4v) is 1.23. The highest BCUT2D eigenvalue weighted by atomic mass is 79.9. The minimum Gasteiger partial charge on any atom is -0.384 e. The van der Waals surface area contributed by atoms with Gasteiger partial charge >= 0.3 is 0 Å². The lowest BCUT2D eigenvalue weighted by molar-refractivity contribution is 0.0484. The molecule has 3 heteroatoms. The van der Waals surface area contributed by atoms with Crippen molar-refractivity contribution in [1.82, 2.24) is 4.98 Å². The van der Waals surface area contributed by atoms with Gasteiger partial charge in [0.15, 0.2) is 0 Å². The first-order valence-corrected chi connectivity index (χ1v) is 4.71. The molecule has 2 nitrogen and oxygen atoms in total. The van der Waals surface area contributed by atoms with E-state index in [1.54, 1.807) is 6.92 Å². The van der Waals surface area contributed by atoms with Gasteiger partial charge in [-0.3, -0.25) is 0 Å². The fraction of sp³-hybridized carbons (Fsp3) is 0.444.